The van der Waals surface area contributed by atoms with Crippen molar-refractivity contribution in [3.63, 3.8) is 0 Å². The Kier molecular flexibility index (Phi) is 3.57. The van der Waals surface area contributed by atoms with Gasteiger partial charge in [0.2, 0.25) is 0 Å². The molecule has 0 aliphatic rings. The van der Waals surface area contributed by atoms with Gasteiger partial charge >= 0.3 is 0 Å². The second-order valence-corrected chi connectivity index (χ2v) is 2.76. The molecule has 2 amide bonds. The first-order valence-corrected chi connectivity index (χ1v) is 4.38. The van der Waals surface area contributed by atoms with Crippen LogP contribution in [-0.2, 0) is 9.59 Å². The van der Waals surface area contributed by atoms with E-state index in [0.29, 0.717) is 5.69 Å². The lowest BCUT2D eigenvalue weighted by Crippen LogP contribution is -2.34. The molecule has 0 spiro atoms. The molecule has 0 radical (unpaired) electrons. The van der Waals surface area contributed by atoms with Crippen LogP contribution in [0.1, 0.15) is 0 Å². The highest BCUT2D eigenvalue weighted by Gasteiger charge is 2.17. The highest BCUT2D eigenvalue weighted by Crippen LogP contribution is 2.14. The van der Waals surface area contributed by atoms with Crippen molar-refractivity contribution in [3.8, 4) is 0 Å². The fraction of sp³-hybridized carbons (Fsp3) is 0. The lowest BCUT2D eigenvalue weighted by molar-refractivity contribution is -0.121. The third-order valence-corrected chi connectivity index (χ3v) is 1.80. The van der Waals surface area contributed by atoms with Gasteiger partial charge in [-0.2, -0.15) is 0 Å². The average molecular weight is 201 g/mol. The second kappa shape index (κ2) is 4.91. The molecule has 1 aromatic carbocycles. The van der Waals surface area contributed by atoms with E-state index in [1.54, 1.807) is 30.3 Å². The molecule has 0 aliphatic heterocycles. The van der Waals surface area contributed by atoms with Gasteiger partial charge in [-0.25, -0.2) is 4.90 Å². The van der Waals surface area contributed by atoms with Gasteiger partial charge in [-0.05, 0) is 24.3 Å². The molecule has 0 aromatic heterocycles. The summed E-state index contributed by atoms with van der Waals surface area (Å²) in [5, 5.41) is 0. The molecular formula is C12H11NO2. The number of hydrogen-bond acceptors (Lipinski definition) is 2. The predicted molar refractivity (Wildman–Crippen MR) is 59.3 cm³/mol. The number of carbonyl (C=O) groups is 2. The lowest BCUT2D eigenvalue weighted by atomic mass is 10.2. The molecular weight excluding hydrogens is 190 g/mol. The maximum absolute atomic E-state index is 11.5. The van der Waals surface area contributed by atoms with E-state index in [1.165, 1.54) is 0 Å². The van der Waals surface area contributed by atoms with E-state index in [4.69, 9.17) is 0 Å². The first kappa shape index (κ1) is 10.9. The fourth-order valence-electron chi connectivity index (χ4n) is 1.12. The minimum absolute atomic E-state index is 0.467. The molecule has 0 heterocycles. The Labute approximate surface area is 88.3 Å². The lowest BCUT2D eigenvalue weighted by Gasteiger charge is -2.16. The first-order valence-electron chi connectivity index (χ1n) is 4.38. The van der Waals surface area contributed by atoms with Crippen molar-refractivity contribution in [1.29, 1.82) is 0 Å². The van der Waals surface area contributed by atoms with E-state index in [-0.39, 0.29) is 0 Å². The van der Waals surface area contributed by atoms with E-state index < -0.39 is 11.8 Å². The topological polar surface area (TPSA) is 37.4 Å². The monoisotopic (exact) mass is 201 g/mol. The zero-order valence-corrected chi connectivity index (χ0v) is 8.22. The van der Waals surface area contributed by atoms with Crippen molar-refractivity contribution in [3.05, 3.63) is 55.6 Å². The number of para-hydroxylation sites is 1. The summed E-state index contributed by atoms with van der Waals surface area (Å²) in [6, 6.07) is 8.63. The van der Waals surface area contributed by atoms with Crippen molar-refractivity contribution >= 4 is 17.5 Å². The summed E-state index contributed by atoms with van der Waals surface area (Å²) in [5.41, 5.74) is 0.507. The zero-order valence-electron chi connectivity index (χ0n) is 8.22. The Morgan fingerprint density at radius 3 is 1.87 bits per heavy atom. The van der Waals surface area contributed by atoms with Crippen molar-refractivity contribution in [2.45, 2.75) is 0 Å². The molecule has 15 heavy (non-hydrogen) atoms. The number of nitrogens with zero attached hydrogens (tertiary/aromatic N) is 1. The summed E-state index contributed by atoms with van der Waals surface area (Å²) in [6.07, 6.45) is 2.18. The fourth-order valence-corrected chi connectivity index (χ4v) is 1.12. The molecule has 76 valence electrons. The molecule has 0 unspecified atom stereocenters. The van der Waals surface area contributed by atoms with E-state index in [1.807, 2.05) is 0 Å². The Morgan fingerprint density at radius 2 is 1.47 bits per heavy atom. The van der Waals surface area contributed by atoms with Crippen molar-refractivity contribution in [2.24, 2.45) is 0 Å². The minimum Gasteiger partial charge on any atom is -0.269 e. The summed E-state index contributed by atoms with van der Waals surface area (Å²) in [4.78, 5) is 23.9. The number of amides is 2. The molecule has 0 aliphatic carbocycles. The molecule has 1 aromatic rings. The summed E-state index contributed by atoms with van der Waals surface area (Å²) >= 11 is 0. The SMILES string of the molecule is C=CC(=O)N(C(=O)C=C)c1ccccc1. The smallest absolute Gasteiger partial charge is 0.257 e. The molecule has 0 bridgehead atoms. The van der Waals surface area contributed by atoms with Gasteiger partial charge in [0, 0.05) is 0 Å². The van der Waals surface area contributed by atoms with Crippen LogP contribution < -0.4 is 4.90 Å². The molecule has 3 nitrogen and oxygen atoms in total. The van der Waals surface area contributed by atoms with Gasteiger partial charge in [0.1, 0.15) is 0 Å². The quantitative estimate of drug-likeness (QED) is 0.700. The summed E-state index contributed by atoms with van der Waals surface area (Å²) in [5.74, 6) is -0.933. The highest BCUT2D eigenvalue weighted by molar-refractivity contribution is 6.21. The zero-order chi connectivity index (χ0) is 11.3. The first-order chi connectivity index (χ1) is 7.20. The molecule has 1 rings (SSSR count). The van der Waals surface area contributed by atoms with Gasteiger partial charge in [0.05, 0.1) is 5.69 Å². The maximum atomic E-state index is 11.5. The van der Waals surface area contributed by atoms with Crippen LogP contribution in [0.3, 0.4) is 0 Å². The Bertz CT molecular complexity index is 375. The van der Waals surface area contributed by atoms with E-state index >= 15 is 0 Å². The van der Waals surface area contributed by atoms with Gasteiger partial charge in [-0.3, -0.25) is 9.59 Å². The molecule has 0 saturated heterocycles. The average Bonchev–Trinajstić information content (AvgIpc) is 2.30. The number of benzene rings is 1. The van der Waals surface area contributed by atoms with Gasteiger partial charge in [0.15, 0.2) is 0 Å². The van der Waals surface area contributed by atoms with Crippen LogP contribution in [0.4, 0.5) is 5.69 Å². The van der Waals surface area contributed by atoms with E-state index in [2.05, 4.69) is 13.2 Å². The number of rotatable bonds is 3. The van der Waals surface area contributed by atoms with Gasteiger partial charge < -0.3 is 0 Å². The van der Waals surface area contributed by atoms with Crippen molar-refractivity contribution in [2.75, 3.05) is 4.90 Å². The van der Waals surface area contributed by atoms with Crippen LogP contribution in [0.2, 0.25) is 0 Å². The van der Waals surface area contributed by atoms with Crippen LogP contribution in [0.15, 0.2) is 55.6 Å². The molecule has 0 atom stereocenters. The molecule has 3 heteroatoms. The summed E-state index contributed by atoms with van der Waals surface area (Å²) < 4.78 is 0. The van der Waals surface area contributed by atoms with Gasteiger partial charge in [-0.1, -0.05) is 31.4 Å². The molecule has 0 saturated carbocycles. The Morgan fingerprint density at radius 1 is 1.00 bits per heavy atom. The van der Waals surface area contributed by atoms with Crippen LogP contribution in [0.5, 0.6) is 0 Å². The predicted octanol–water partition coefficient (Wildman–Crippen LogP) is 1.92. The largest absolute Gasteiger partial charge is 0.269 e. The Balaban J connectivity index is 3.12. The molecule has 0 fully saturated rings. The van der Waals surface area contributed by atoms with Gasteiger partial charge in [-0.15, -0.1) is 0 Å². The van der Waals surface area contributed by atoms with E-state index in [0.717, 1.165) is 17.1 Å². The van der Waals surface area contributed by atoms with Crippen molar-refractivity contribution in [1.82, 2.24) is 0 Å². The second-order valence-electron chi connectivity index (χ2n) is 2.76. The van der Waals surface area contributed by atoms with Crippen LogP contribution >= 0.6 is 0 Å². The minimum atomic E-state index is -0.467. The van der Waals surface area contributed by atoms with Crippen LogP contribution in [0.25, 0.3) is 0 Å². The summed E-state index contributed by atoms with van der Waals surface area (Å²) in [7, 11) is 0. The summed E-state index contributed by atoms with van der Waals surface area (Å²) in [6.45, 7) is 6.69. The third kappa shape index (κ3) is 2.40. The standard InChI is InChI=1S/C12H11NO2/c1-3-11(14)13(12(15)4-2)10-8-6-5-7-9-10/h3-9H,1-2H2. The Hall–Kier alpha value is -2.16. The third-order valence-electron chi connectivity index (χ3n) is 1.80. The normalized spacial score (nSPS) is 9.07. The number of carbonyl (C=O) groups excluding carboxylic acids is 2. The maximum Gasteiger partial charge on any atom is 0.257 e. The number of anilines is 1. The highest BCUT2D eigenvalue weighted by atomic mass is 16.2. The molecule has 0 N–H and O–H groups in total. The van der Waals surface area contributed by atoms with Gasteiger partial charge in [0.25, 0.3) is 11.8 Å². The number of imide groups is 1. The van der Waals surface area contributed by atoms with Crippen LogP contribution in [-0.4, -0.2) is 11.8 Å². The van der Waals surface area contributed by atoms with Crippen molar-refractivity contribution < 1.29 is 9.59 Å². The number of hydrogen-bond donors (Lipinski definition) is 0. The van der Waals surface area contributed by atoms with Crippen LogP contribution in [0, 0.1) is 0 Å². The van der Waals surface area contributed by atoms with E-state index in [9.17, 15) is 9.59 Å².